The van der Waals surface area contributed by atoms with E-state index < -0.39 is 5.82 Å². The molecular weight excluding hydrogens is 313 g/mol. The van der Waals surface area contributed by atoms with Crippen molar-refractivity contribution in [3.8, 4) is 5.75 Å². The number of carbonyl (C=O) groups excluding carboxylic acids is 1. The lowest BCUT2D eigenvalue weighted by molar-refractivity contribution is 0.0950. The highest BCUT2D eigenvalue weighted by molar-refractivity contribution is 5.96. The molecule has 2 heterocycles. The van der Waals surface area contributed by atoms with E-state index in [1.54, 1.807) is 0 Å². The van der Waals surface area contributed by atoms with Crippen LogP contribution in [0.3, 0.4) is 0 Å². The first-order valence-corrected chi connectivity index (χ1v) is 7.93. The highest BCUT2D eigenvalue weighted by Gasteiger charge is 2.17. The van der Waals surface area contributed by atoms with Crippen molar-refractivity contribution in [3.63, 3.8) is 0 Å². The number of para-hydroxylation sites is 1. The van der Waals surface area contributed by atoms with Crippen molar-refractivity contribution in [1.29, 1.82) is 0 Å². The molecule has 0 saturated heterocycles. The number of benzene rings is 1. The molecule has 0 aliphatic carbocycles. The summed E-state index contributed by atoms with van der Waals surface area (Å²) in [5, 5.41) is 14.5. The Kier molecular flexibility index (Phi) is 5.05. The van der Waals surface area contributed by atoms with Crippen molar-refractivity contribution in [2.24, 2.45) is 0 Å². The van der Waals surface area contributed by atoms with Crippen molar-refractivity contribution in [2.45, 2.75) is 19.4 Å². The molecule has 0 radical (unpaired) electrons. The highest BCUT2D eigenvalue weighted by atomic mass is 19.1. The van der Waals surface area contributed by atoms with E-state index in [4.69, 9.17) is 4.74 Å². The number of ether oxygens (including phenoxy) is 1. The maximum Gasteiger partial charge on any atom is 0.255 e. The third kappa shape index (κ3) is 3.38. The number of rotatable bonds is 5. The lowest BCUT2D eigenvalue weighted by atomic mass is 10.1. The topological polar surface area (TPSA) is 81.1 Å². The Morgan fingerprint density at radius 1 is 1.42 bits per heavy atom. The Labute approximate surface area is 139 Å². The SMILES string of the molecule is COc1c(F)cccc1C(=O)NCCc1nnc2n1CCNCC2. The summed E-state index contributed by atoms with van der Waals surface area (Å²) in [6.07, 6.45) is 1.41. The smallest absolute Gasteiger partial charge is 0.255 e. The summed E-state index contributed by atoms with van der Waals surface area (Å²) < 4.78 is 20.7. The van der Waals surface area contributed by atoms with Crippen LogP contribution >= 0.6 is 0 Å². The zero-order valence-corrected chi connectivity index (χ0v) is 13.5. The summed E-state index contributed by atoms with van der Waals surface area (Å²) >= 11 is 0. The van der Waals surface area contributed by atoms with Crippen molar-refractivity contribution in [1.82, 2.24) is 25.4 Å². The van der Waals surface area contributed by atoms with Crippen LogP contribution < -0.4 is 15.4 Å². The summed E-state index contributed by atoms with van der Waals surface area (Å²) in [4.78, 5) is 12.2. The predicted molar refractivity (Wildman–Crippen MR) is 85.6 cm³/mol. The zero-order valence-electron chi connectivity index (χ0n) is 13.5. The fraction of sp³-hybridized carbons (Fsp3) is 0.438. The summed E-state index contributed by atoms with van der Waals surface area (Å²) in [5.41, 5.74) is 0.182. The average Bonchev–Trinajstić information content (AvgIpc) is 2.81. The average molecular weight is 333 g/mol. The van der Waals surface area contributed by atoms with Crippen molar-refractivity contribution in [2.75, 3.05) is 26.7 Å². The molecule has 0 fully saturated rings. The molecule has 2 N–H and O–H groups in total. The fourth-order valence-electron chi connectivity index (χ4n) is 2.79. The molecule has 1 aliphatic rings. The molecule has 0 spiro atoms. The Morgan fingerprint density at radius 3 is 3.12 bits per heavy atom. The second-order valence-corrected chi connectivity index (χ2v) is 5.51. The number of hydrogen-bond acceptors (Lipinski definition) is 5. The van der Waals surface area contributed by atoms with Gasteiger partial charge in [0.15, 0.2) is 11.6 Å². The second kappa shape index (κ2) is 7.39. The lowest BCUT2D eigenvalue weighted by Gasteiger charge is -2.10. The van der Waals surface area contributed by atoms with Crippen LogP contribution in [0.15, 0.2) is 18.2 Å². The number of fused-ring (bicyclic) bond motifs is 1. The molecule has 0 bridgehead atoms. The molecule has 8 heteroatoms. The fourth-order valence-corrected chi connectivity index (χ4v) is 2.79. The number of carbonyl (C=O) groups is 1. The quantitative estimate of drug-likeness (QED) is 0.835. The van der Waals surface area contributed by atoms with E-state index in [9.17, 15) is 9.18 Å². The minimum Gasteiger partial charge on any atom is -0.493 e. The largest absolute Gasteiger partial charge is 0.493 e. The van der Waals surface area contributed by atoms with E-state index in [1.165, 1.54) is 25.3 Å². The van der Waals surface area contributed by atoms with Gasteiger partial charge in [0, 0.05) is 39.0 Å². The van der Waals surface area contributed by atoms with Gasteiger partial charge in [-0.25, -0.2) is 4.39 Å². The van der Waals surface area contributed by atoms with Gasteiger partial charge in [0.05, 0.1) is 12.7 Å². The maximum atomic E-state index is 13.7. The molecule has 1 aliphatic heterocycles. The van der Waals surface area contributed by atoms with Gasteiger partial charge in [-0.15, -0.1) is 10.2 Å². The summed E-state index contributed by atoms with van der Waals surface area (Å²) in [5.74, 6) is 0.842. The molecule has 24 heavy (non-hydrogen) atoms. The van der Waals surface area contributed by atoms with Gasteiger partial charge in [-0.1, -0.05) is 6.07 Å². The Balaban J connectivity index is 1.62. The number of hydrogen-bond donors (Lipinski definition) is 2. The van der Waals surface area contributed by atoms with Gasteiger partial charge in [-0.05, 0) is 12.1 Å². The summed E-state index contributed by atoms with van der Waals surface area (Å²) in [7, 11) is 1.34. The first-order valence-electron chi connectivity index (χ1n) is 7.93. The van der Waals surface area contributed by atoms with Gasteiger partial charge < -0.3 is 19.9 Å². The van der Waals surface area contributed by atoms with E-state index in [0.29, 0.717) is 13.0 Å². The Morgan fingerprint density at radius 2 is 2.29 bits per heavy atom. The monoisotopic (exact) mass is 333 g/mol. The third-order valence-corrected chi connectivity index (χ3v) is 3.99. The van der Waals surface area contributed by atoms with Crippen LogP contribution in [0.1, 0.15) is 22.0 Å². The molecule has 128 valence electrons. The van der Waals surface area contributed by atoms with Crippen molar-refractivity contribution < 1.29 is 13.9 Å². The van der Waals surface area contributed by atoms with E-state index >= 15 is 0 Å². The minimum atomic E-state index is -0.555. The van der Waals surface area contributed by atoms with Gasteiger partial charge in [0.2, 0.25) is 0 Å². The van der Waals surface area contributed by atoms with Gasteiger partial charge in [0.1, 0.15) is 11.6 Å². The maximum absolute atomic E-state index is 13.7. The molecular formula is C16H20FN5O2. The summed E-state index contributed by atoms with van der Waals surface area (Å²) in [6.45, 7) is 2.99. The number of aromatic nitrogens is 3. The second-order valence-electron chi connectivity index (χ2n) is 5.51. The first kappa shape index (κ1) is 16.4. The number of nitrogens with one attached hydrogen (secondary N) is 2. The van der Waals surface area contributed by atoms with Gasteiger partial charge in [-0.3, -0.25) is 4.79 Å². The van der Waals surface area contributed by atoms with Crippen LogP contribution in [0.5, 0.6) is 5.75 Å². The lowest BCUT2D eigenvalue weighted by Crippen LogP contribution is -2.27. The molecule has 1 aromatic heterocycles. The van der Waals surface area contributed by atoms with Gasteiger partial charge >= 0.3 is 0 Å². The highest BCUT2D eigenvalue weighted by Crippen LogP contribution is 2.21. The minimum absolute atomic E-state index is 0.0441. The van der Waals surface area contributed by atoms with E-state index in [0.717, 1.165) is 37.7 Å². The molecule has 0 saturated carbocycles. The predicted octanol–water partition coefficient (Wildman–Crippen LogP) is 0.544. The molecule has 3 rings (SSSR count). The number of halogens is 1. The van der Waals surface area contributed by atoms with Crippen molar-refractivity contribution in [3.05, 3.63) is 41.2 Å². The molecule has 7 nitrogen and oxygen atoms in total. The van der Waals surface area contributed by atoms with E-state index in [1.807, 2.05) is 0 Å². The molecule has 0 unspecified atom stereocenters. The normalized spacial score (nSPS) is 13.9. The number of amides is 1. The van der Waals surface area contributed by atoms with Crippen LogP contribution in [-0.2, 0) is 19.4 Å². The number of methoxy groups -OCH3 is 1. The Hall–Kier alpha value is -2.48. The van der Waals surface area contributed by atoms with Crippen LogP contribution in [0.4, 0.5) is 4.39 Å². The van der Waals surface area contributed by atoms with E-state index in [-0.39, 0.29) is 17.2 Å². The van der Waals surface area contributed by atoms with Crippen LogP contribution in [0, 0.1) is 5.82 Å². The van der Waals surface area contributed by atoms with Crippen LogP contribution in [0.25, 0.3) is 0 Å². The van der Waals surface area contributed by atoms with E-state index in [2.05, 4.69) is 25.4 Å². The molecule has 0 atom stereocenters. The molecule has 1 aromatic carbocycles. The number of nitrogens with zero attached hydrogens (tertiary/aromatic N) is 3. The van der Waals surface area contributed by atoms with Crippen LogP contribution in [-0.4, -0.2) is 47.4 Å². The molecule has 1 amide bonds. The Bertz CT molecular complexity index is 731. The van der Waals surface area contributed by atoms with Crippen LogP contribution in [0.2, 0.25) is 0 Å². The molecule has 2 aromatic rings. The summed E-state index contributed by atoms with van der Waals surface area (Å²) in [6, 6.07) is 4.28. The van der Waals surface area contributed by atoms with Crippen molar-refractivity contribution >= 4 is 5.91 Å². The van der Waals surface area contributed by atoms with Gasteiger partial charge in [0.25, 0.3) is 5.91 Å². The first-order chi connectivity index (χ1) is 11.7. The third-order valence-electron chi connectivity index (χ3n) is 3.99. The zero-order chi connectivity index (χ0) is 16.9. The standard InChI is InChI=1S/C16H20FN5O2/c1-24-15-11(3-2-4-12(15)17)16(23)19-8-6-14-21-20-13-5-7-18-9-10-22(13)14/h2-4,18H,5-10H2,1H3,(H,19,23). The van der Waals surface area contributed by atoms with Gasteiger partial charge in [-0.2, -0.15) is 0 Å².